The topological polar surface area (TPSA) is 198 Å². The van der Waals surface area contributed by atoms with Gasteiger partial charge in [-0.2, -0.15) is 0 Å². The second-order valence-corrected chi connectivity index (χ2v) is 6.86. The molecule has 0 aliphatic carbocycles. The molecule has 5 atom stereocenters. The predicted molar refractivity (Wildman–Crippen MR) is 87.7 cm³/mol. The maximum absolute atomic E-state index is 11.4. The first kappa shape index (κ1) is 25.7. The molecule has 156 valence electrons. The van der Waals surface area contributed by atoms with E-state index in [0.29, 0.717) is 0 Å². The van der Waals surface area contributed by atoms with Crippen molar-refractivity contribution in [1.82, 2.24) is 5.32 Å². The molecule has 15 heteroatoms. The van der Waals surface area contributed by atoms with Gasteiger partial charge in [0.25, 0.3) is 5.69 Å². The average molecular weight is 444 g/mol. The number of nitro benzene ring substituents is 1. The Kier molecular flexibility index (Phi) is 9.39. The number of ether oxygens (including phenoxy) is 2. The van der Waals surface area contributed by atoms with Gasteiger partial charge in [-0.1, -0.05) is 0 Å². The number of aliphatic hydroxyl groups excluding tert-OH is 2. The van der Waals surface area contributed by atoms with E-state index in [2.05, 4.69) is 9.50 Å². The van der Waals surface area contributed by atoms with Gasteiger partial charge in [0.2, 0.25) is 22.6 Å². The van der Waals surface area contributed by atoms with Crippen LogP contribution in [0.5, 0.6) is 5.75 Å². The number of hydrogen-bond donors (Lipinski definition) is 3. The fourth-order valence-electron chi connectivity index (χ4n) is 2.49. The fourth-order valence-corrected chi connectivity index (χ4v) is 2.79. The summed E-state index contributed by atoms with van der Waals surface area (Å²) >= 11 is 0. The summed E-state index contributed by atoms with van der Waals surface area (Å²) in [7, 11) is -5.08. The first-order chi connectivity index (χ1) is 13.0. The van der Waals surface area contributed by atoms with Crippen LogP contribution in [-0.4, -0.2) is 71.3 Å². The van der Waals surface area contributed by atoms with Crippen molar-refractivity contribution in [3.63, 3.8) is 0 Å². The van der Waals surface area contributed by atoms with Crippen molar-refractivity contribution < 1.29 is 76.1 Å². The van der Waals surface area contributed by atoms with E-state index < -0.39 is 58.5 Å². The van der Waals surface area contributed by atoms with E-state index in [1.54, 1.807) is 0 Å². The van der Waals surface area contributed by atoms with Crippen LogP contribution in [-0.2, 0) is 24.1 Å². The van der Waals surface area contributed by atoms with Crippen molar-refractivity contribution in [3.05, 3.63) is 34.4 Å². The first-order valence-electron chi connectivity index (χ1n) is 7.78. The molecule has 1 aliphatic rings. The Morgan fingerprint density at radius 3 is 2.34 bits per heavy atom. The fraction of sp³-hybridized carbons (Fsp3) is 0.500. The molecule has 1 fully saturated rings. The first-order valence-corrected chi connectivity index (χ1v) is 9.11. The van der Waals surface area contributed by atoms with Gasteiger partial charge in [-0.25, -0.2) is 8.42 Å². The molecule has 1 aromatic rings. The van der Waals surface area contributed by atoms with Crippen LogP contribution in [0, 0.1) is 10.1 Å². The summed E-state index contributed by atoms with van der Waals surface area (Å²) in [6.07, 6.45) is -6.29. The molecule has 0 radical (unpaired) electrons. The van der Waals surface area contributed by atoms with E-state index in [0.717, 1.165) is 19.1 Å². The number of nitrogens with zero attached hydrogens (tertiary/aromatic N) is 1. The molecule has 29 heavy (non-hydrogen) atoms. The minimum absolute atomic E-state index is 0. The van der Waals surface area contributed by atoms with Crippen LogP contribution in [0.1, 0.15) is 6.92 Å². The number of nitrogens with one attached hydrogen (secondary N) is 1. The number of nitro groups is 1. The summed E-state index contributed by atoms with van der Waals surface area (Å²) in [5, 5.41) is 33.3. The number of amides is 1. The van der Waals surface area contributed by atoms with Crippen molar-refractivity contribution >= 4 is 22.0 Å². The Balaban J connectivity index is 0.00000420. The minimum Gasteiger partial charge on any atom is -0.726 e. The number of non-ortho nitro benzene ring substituents is 1. The molecule has 2 rings (SSSR count). The molecule has 1 saturated heterocycles. The summed E-state index contributed by atoms with van der Waals surface area (Å²) in [4.78, 5) is 21.5. The van der Waals surface area contributed by atoms with Crippen molar-refractivity contribution in [2.45, 2.75) is 37.6 Å². The summed E-state index contributed by atoms with van der Waals surface area (Å²) in [6.45, 7) is 0.234. The van der Waals surface area contributed by atoms with E-state index in [1.165, 1.54) is 12.1 Å². The van der Waals surface area contributed by atoms with Gasteiger partial charge < -0.3 is 29.6 Å². The smallest absolute Gasteiger partial charge is 0.726 e. The Morgan fingerprint density at radius 1 is 1.28 bits per heavy atom. The normalized spacial score (nSPS) is 26.8. The van der Waals surface area contributed by atoms with Gasteiger partial charge in [0.1, 0.15) is 30.1 Å². The van der Waals surface area contributed by atoms with Crippen molar-refractivity contribution in [2.75, 3.05) is 6.61 Å². The summed E-state index contributed by atoms with van der Waals surface area (Å²) in [6, 6.07) is 3.47. The van der Waals surface area contributed by atoms with Crippen molar-refractivity contribution in [2.24, 2.45) is 0 Å². The minimum atomic E-state index is -5.08. The molecule has 0 bridgehead atoms. The van der Waals surface area contributed by atoms with E-state index in [-0.39, 0.29) is 41.0 Å². The molecular weight excluding hydrogens is 427 g/mol. The van der Waals surface area contributed by atoms with E-state index in [1.807, 2.05) is 0 Å². The molecule has 0 spiro atoms. The Labute approximate surface area is 187 Å². The summed E-state index contributed by atoms with van der Waals surface area (Å²) in [5.74, 6) is -0.528. The summed E-state index contributed by atoms with van der Waals surface area (Å²) in [5.41, 5.74) is -0.210. The van der Waals surface area contributed by atoms with Crippen LogP contribution in [0.4, 0.5) is 5.69 Å². The van der Waals surface area contributed by atoms with Crippen LogP contribution in [0.25, 0.3) is 0 Å². The van der Waals surface area contributed by atoms with Gasteiger partial charge >= 0.3 is 29.6 Å². The number of benzene rings is 1. The van der Waals surface area contributed by atoms with Crippen LogP contribution < -0.4 is 39.6 Å². The van der Waals surface area contributed by atoms with E-state index in [4.69, 9.17) is 9.47 Å². The zero-order valence-electron chi connectivity index (χ0n) is 15.3. The second kappa shape index (κ2) is 10.6. The molecular formula is C14H17N2NaO11S. The Morgan fingerprint density at radius 2 is 1.86 bits per heavy atom. The van der Waals surface area contributed by atoms with E-state index >= 15 is 0 Å². The molecule has 0 saturated carbocycles. The Bertz CT molecular complexity index is 819. The standard InChI is InChI=1S/C14H18N2O11S.Na/c1-7(17)15-11-13(19)12(18)10(6-25-28(22,23)24)27-14(11)26-9-4-2-8(3-5-9)16(20)21;/h2-5,10-14,18-19H,6H2,1H3,(H,15,17)(H,22,23,24);/q;+1/p-1/t10-,11-,12-,13-,14-;/m1./s1. The third kappa shape index (κ3) is 7.44. The number of carbonyl (C=O) groups is 1. The quantitative estimate of drug-likeness (QED) is 0.120. The van der Waals surface area contributed by atoms with Crippen LogP contribution in [0.15, 0.2) is 24.3 Å². The molecule has 1 heterocycles. The van der Waals surface area contributed by atoms with Crippen molar-refractivity contribution in [3.8, 4) is 5.75 Å². The van der Waals surface area contributed by atoms with Crippen LogP contribution >= 0.6 is 0 Å². The van der Waals surface area contributed by atoms with Gasteiger partial charge in [0.15, 0.2) is 0 Å². The number of aliphatic hydroxyl groups is 2. The zero-order chi connectivity index (χ0) is 21.1. The van der Waals surface area contributed by atoms with Gasteiger partial charge in [0, 0.05) is 19.1 Å². The van der Waals surface area contributed by atoms with Crippen molar-refractivity contribution in [1.29, 1.82) is 0 Å². The second-order valence-electron chi connectivity index (χ2n) is 5.81. The number of hydrogen-bond acceptors (Lipinski definition) is 11. The van der Waals surface area contributed by atoms with Crippen LogP contribution in [0.2, 0.25) is 0 Å². The van der Waals surface area contributed by atoms with Gasteiger partial charge in [-0.3, -0.25) is 19.1 Å². The monoisotopic (exact) mass is 444 g/mol. The van der Waals surface area contributed by atoms with Crippen LogP contribution in [0.3, 0.4) is 0 Å². The third-order valence-electron chi connectivity index (χ3n) is 3.75. The number of carbonyl (C=O) groups excluding carboxylic acids is 1. The van der Waals surface area contributed by atoms with Gasteiger partial charge in [-0.05, 0) is 12.1 Å². The molecule has 1 amide bonds. The maximum atomic E-state index is 11.4. The molecule has 1 aromatic carbocycles. The Hall–Kier alpha value is -1.36. The molecule has 13 nitrogen and oxygen atoms in total. The van der Waals surface area contributed by atoms with Gasteiger partial charge in [-0.15, -0.1) is 0 Å². The molecule has 1 aliphatic heterocycles. The van der Waals surface area contributed by atoms with Gasteiger partial charge in [0.05, 0.1) is 11.5 Å². The predicted octanol–water partition coefficient (Wildman–Crippen LogP) is -4.59. The SMILES string of the molecule is CC(=O)N[C@H]1[C@H](Oc2ccc([N+](=O)[O-])cc2)O[C@H](COS(=O)(=O)[O-])[C@@H](O)[C@@H]1O.[Na+]. The molecule has 0 unspecified atom stereocenters. The average Bonchev–Trinajstić information content (AvgIpc) is 2.59. The summed E-state index contributed by atoms with van der Waals surface area (Å²) < 4.78 is 46.7. The third-order valence-corrected chi connectivity index (χ3v) is 4.17. The maximum Gasteiger partial charge on any atom is 1.00 e. The number of rotatable bonds is 7. The zero-order valence-corrected chi connectivity index (χ0v) is 18.1. The molecule has 3 N–H and O–H groups in total. The molecule has 0 aromatic heterocycles. The van der Waals surface area contributed by atoms with E-state index in [9.17, 15) is 38.1 Å². The largest absolute Gasteiger partial charge is 1.00 e.